The zero-order chi connectivity index (χ0) is 15.8. The Morgan fingerprint density at radius 2 is 2.35 bits per heavy atom. The minimum atomic E-state index is -0.437. The zero-order valence-corrected chi connectivity index (χ0v) is 12.4. The van der Waals surface area contributed by atoms with Crippen LogP contribution in [0.4, 0.5) is 4.39 Å². The van der Waals surface area contributed by atoms with Crippen molar-refractivity contribution in [1.29, 1.82) is 0 Å². The molecule has 1 atom stereocenters. The number of rotatable bonds is 3. The lowest BCUT2D eigenvalue weighted by molar-refractivity contribution is 0.0723. The molecule has 3 aromatic rings. The summed E-state index contributed by atoms with van der Waals surface area (Å²) < 4.78 is 15.6. The van der Waals surface area contributed by atoms with Crippen LogP contribution in [0.3, 0.4) is 0 Å². The van der Waals surface area contributed by atoms with E-state index in [1.54, 1.807) is 6.20 Å². The minimum Gasteiger partial charge on any atom is -0.344 e. The first-order valence-electron chi connectivity index (χ1n) is 7.63. The number of aromatic amines is 1. The number of halogens is 1. The molecule has 1 unspecified atom stereocenters. The van der Waals surface area contributed by atoms with Crippen molar-refractivity contribution in [3.8, 4) is 0 Å². The van der Waals surface area contributed by atoms with E-state index in [4.69, 9.17) is 0 Å². The van der Waals surface area contributed by atoms with Crippen molar-refractivity contribution in [2.24, 2.45) is 0 Å². The number of hydrogen-bond acceptors (Lipinski definition) is 3. The lowest BCUT2D eigenvalue weighted by Crippen LogP contribution is -2.38. The van der Waals surface area contributed by atoms with E-state index in [1.165, 1.54) is 18.5 Å². The molecule has 4 rings (SSSR count). The molecule has 0 bridgehead atoms. The molecule has 0 saturated carbocycles. The van der Waals surface area contributed by atoms with Gasteiger partial charge in [-0.3, -0.25) is 9.48 Å². The molecule has 1 aliphatic heterocycles. The second kappa shape index (κ2) is 5.49. The van der Waals surface area contributed by atoms with Gasteiger partial charge in [0, 0.05) is 18.9 Å². The lowest BCUT2D eigenvalue weighted by Gasteiger charge is -2.25. The Kier molecular flexibility index (Phi) is 3.33. The fraction of sp³-hybridized carbons (Fsp3) is 0.312. The molecule has 1 amide bonds. The van der Waals surface area contributed by atoms with Crippen molar-refractivity contribution >= 4 is 16.9 Å². The Hall–Kier alpha value is -2.70. The number of hydrogen-bond donors (Lipinski definition) is 1. The molecule has 0 spiro atoms. The highest BCUT2D eigenvalue weighted by atomic mass is 19.1. The summed E-state index contributed by atoms with van der Waals surface area (Å²) >= 11 is 0. The summed E-state index contributed by atoms with van der Waals surface area (Å²) in [5.41, 5.74) is 1.37. The predicted octanol–water partition coefficient (Wildman–Crippen LogP) is 2.20. The van der Waals surface area contributed by atoms with E-state index < -0.39 is 5.82 Å². The number of nitrogens with one attached hydrogen (secondary N) is 1. The van der Waals surface area contributed by atoms with Crippen molar-refractivity contribution in [3.63, 3.8) is 0 Å². The Labute approximate surface area is 131 Å². The smallest absolute Gasteiger partial charge is 0.256 e. The van der Waals surface area contributed by atoms with E-state index in [1.807, 2.05) is 21.8 Å². The van der Waals surface area contributed by atoms with Crippen molar-refractivity contribution in [2.45, 2.75) is 25.4 Å². The number of aromatic nitrogens is 4. The average molecular weight is 313 g/mol. The molecule has 1 saturated heterocycles. The van der Waals surface area contributed by atoms with E-state index in [0.717, 1.165) is 12.8 Å². The Morgan fingerprint density at radius 3 is 3.17 bits per heavy atom. The number of carbonyl (C=O) groups is 1. The van der Waals surface area contributed by atoms with Gasteiger partial charge in [0.15, 0.2) is 0 Å². The maximum Gasteiger partial charge on any atom is 0.256 e. The molecule has 1 aromatic carbocycles. The lowest BCUT2D eigenvalue weighted by atomic mass is 10.1. The van der Waals surface area contributed by atoms with Crippen LogP contribution in [0.15, 0.2) is 36.9 Å². The van der Waals surface area contributed by atoms with Crippen LogP contribution < -0.4 is 0 Å². The molecule has 118 valence electrons. The van der Waals surface area contributed by atoms with Crippen LogP contribution in [0.2, 0.25) is 0 Å². The van der Waals surface area contributed by atoms with Crippen LogP contribution in [-0.4, -0.2) is 43.1 Å². The maximum atomic E-state index is 13.8. The highest BCUT2D eigenvalue weighted by Gasteiger charge is 2.31. The van der Waals surface area contributed by atoms with Gasteiger partial charge in [-0.2, -0.15) is 5.10 Å². The number of H-pyrrole nitrogens is 1. The summed E-state index contributed by atoms with van der Waals surface area (Å²) in [5.74, 6) is -0.607. The largest absolute Gasteiger partial charge is 0.344 e. The first kappa shape index (κ1) is 13.9. The van der Waals surface area contributed by atoms with Crippen LogP contribution >= 0.6 is 0 Å². The maximum absolute atomic E-state index is 13.8. The number of likely N-dealkylation sites (tertiary alicyclic amines) is 1. The van der Waals surface area contributed by atoms with E-state index in [2.05, 4.69) is 15.1 Å². The quantitative estimate of drug-likeness (QED) is 0.806. The second-order valence-corrected chi connectivity index (χ2v) is 5.77. The van der Waals surface area contributed by atoms with Gasteiger partial charge in [-0.1, -0.05) is 0 Å². The fourth-order valence-electron chi connectivity index (χ4n) is 3.25. The summed E-state index contributed by atoms with van der Waals surface area (Å²) in [6.45, 7) is 1.32. The van der Waals surface area contributed by atoms with Gasteiger partial charge < -0.3 is 9.88 Å². The summed E-state index contributed by atoms with van der Waals surface area (Å²) in [6, 6.07) is 4.56. The summed E-state index contributed by atoms with van der Waals surface area (Å²) in [7, 11) is 0. The molecule has 7 heteroatoms. The van der Waals surface area contributed by atoms with Crippen LogP contribution in [0.25, 0.3) is 11.0 Å². The molecule has 2 aromatic heterocycles. The van der Waals surface area contributed by atoms with Crippen molar-refractivity contribution in [1.82, 2.24) is 24.6 Å². The number of nitrogens with zero attached hydrogens (tertiary/aromatic N) is 4. The van der Waals surface area contributed by atoms with Gasteiger partial charge in [0.25, 0.3) is 5.91 Å². The molecule has 1 aliphatic rings. The highest BCUT2D eigenvalue weighted by Crippen LogP contribution is 2.25. The first-order valence-corrected chi connectivity index (χ1v) is 7.63. The van der Waals surface area contributed by atoms with E-state index in [0.29, 0.717) is 29.7 Å². The molecule has 1 fully saturated rings. The Balaban J connectivity index is 1.65. The van der Waals surface area contributed by atoms with Crippen molar-refractivity contribution in [3.05, 3.63) is 48.3 Å². The van der Waals surface area contributed by atoms with Crippen LogP contribution in [0.1, 0.15) is 23.2 Å². The number of amides is 1. The van der Waals surface area contributed by atoms with Crippen molar-refractivity contribution < 1.29 is 9.18 Å². The monoisotopic (exact) mass is 313 g/mol. The molecule has 6 nitrogen and oxygen atoms in total. The second-order valence-electron chi connectivity index (χ2n) is 5.77. The van der Waals surface area contributed by atoms with E-state index in [-0.39, 0.29) is 11.9 Å². The Bertz CT molecular complexity index is 841. The third-order valence-electron chi connectivity index (χ3n) is 4.31. The van der Waals surface area contributed by atoms with Gasteiger partial charge in [0.1, 0.15) is 11.3 Å². The zero-order valence-electron chi connectivity index (χ0n) is 12.4. The fourth-order valence-corrected chi connectivity index (χ4v) is 3.25. The van der Waals surface area contributed by atoms with Gasteiger partial charge in [-0.15, -0.1) is 0 Å². The van der Waals surface area contributed by atoms with Gasteiger partial charge in [-0.05, 0) is 31.0 Å². The van der Waals surface area contributed by atoms with Gasteiger partial charge in [0.05, 0.1) is 30.0 Å². The summed E-state index contributed by atoms with van der Waals surface area (Å²) in [4.78, 5) is 21.8. The molecule has 0 aliphatic carbocycles. The third-order valence-corrected chi connectivity index (χ3v) is 4.31. The van der Waals surface area contributed by atoms with E-state index in [9.17, 15) is 9.18 Å². The number of imidazole rings is 1. The van der Waals surface area contributed by atoms with Gasteiger partial charge in [-0.25, -0.2) is 9.37 Å². The molecule has 23 heavy (non-hydrogen) atoms. The molecular formula is C16H16FN5O. The number of benzene rings is 1. The molecular weight excluding hydrogens is 297 g/mol. The Morgan fingerprint density at radius 1 is 1.43 bits per heavy atom. The summed E-state index contributed by atoms with van der Waals surface area (Å²) in [5, 5.41) is 4.20. The normalized spacial score (nSPS) is 18.0. The van der Waals surface area contributed by atoms with Crippen molar-refractivity contribution in [2.75, 3.05) is 6.54 Å². The number of fused-ring (bicyclic) bond motifs is 1. The predicted molar refractivity (Wildman–Crippen MR) is 82.3 cm³/mol. The minimum absolute atomic E-state index is 0.0691. The van der Waals surface area contributed by atoms with Crippen LogP contribution in [0.5, 0.6) is 0 Å². The molecule has 3 heterocycles. The van der Waals surface area contributed by atoms with E-state index >= 15 is 0 Å². The third kappa shape index (κ3) is 2.48. The van der Waals surface area contributed by atoms with Gasteiger partial charge >= 0.3 is 0 Å². The number of carbonyl (C=O) groups excluding carboxylic acids is 1. The SMILES string of the molecule is O=C(c1cc(F)cc2[nH]cnc12)N1CCCC1Cn1cccn1. The summed E-state index contributed by atoms with van der Waals surface area (Å²) in [6.07, 6.45) is 6.95. The van der Waals surface area contributed by atoms with Crippen LogP contribution in [-0.2, 0) is 6.54 Å². The standard InChI is InChI=1S/C16H16FN5O/c17-11-7-13(15-14(8-11)18-10-19-15)16(23)22-6-1-3-12(22)9-21-5-2-4-20-21/h2,4-5,7-8,10,12H,1,3,6,9H2,(H,18,19). The highest BCUT2D eigenvalue weighted by molar-refractivity contribution is 6.05. The topological polar surface area (TPSA) is 66.8 Å². The molecule has 1 N–H and O–H groups in total. The molecule has 0 radical (unpaired) electrons. The first-order chi connectivity index (χ1) is 11.2. The van der Waals surface area contributed by atoms with Crippen LogP contribution in [0, 0.1) is 5.82 Å². The average Bonchev–Trinajstić information content (AvgIpc) is 3.26. The van der Waals surface area contributed by atoms with Gasteiger partial charge in [0.2, 0.25) is 0 Å².